The molecule has 2 amide bonds. The van der Waals surface area contributed by atoms with Crippen molar-refractivity contribution in [1.29, 1.82) is 0 Å². The number of hydrogen-bond donors (Lipinski definition) is 2. The molecule has 7 heteroatoms. The Kier molecular flexibility index (Phi) is 7.77. The average molecular weight is 381 g/mol. The summed E-state index contributed by atoms with van der Waals surface area (Å²) in [6.07, 6.45) is 3.48. The summed E-state index contributed by atoms with van der Waals surface area (Å²) in [4.78, 5) is 24.0. The molecule has 0 saturated heterocycles. The fourth-order valence-corrected chi connectivity index (χ4v) is 2.34. The molecule has 0 radical (unpaired) electrons. The van der Waals surface area contributed by atoms with Crippen LogP contribution in [-0.2, 0) is 4.79 Å². The second-order valence-corrected chi connectivity index (χ2v) is 5.84. The summed E-state index contributed by atoms with van der Waals surface area (Å²) >= 11 is 0. The maximum atomic E-state index is 12.2. The van der Waals surface area contributed by atoms with Gasteiger partial charge in [0.2, 0.25) is 0 Å². The number of hydrogen-bond acceptors (Lipinski definition) is 5. The fraction of sp³-hybridized carbons (Fsp3) is 0.190. The molecule has 0 fully saturated rings. The van der Waals surface area contributed by atoms with Crippen molar-refractivity contribution in [2.45, 2.75) is 6.92 Å². The maximum Gasteiger partial charge on any atom is 0.259 e. The Morgan fingerprint density at radius 2 is 1.75 bits per heavy atom. The Morgan fingerprint density at radius 1 is 1.04 bits per heavy atom. The van der Waals surface area contributed by atoms with Gasteiger partial charge in [-0.25, -0.2) is 5.43 Å². The first kappa shape index (κ1) is 20.7. The molecule has 0 spiro atoms. The van der Waals surface area contributed by atoms with Crippen LogP contribution in [0, 0.1) is 0 Å². The van der Waals surface area contributed by atoms with Crippen LogP contribution in [0.3, 0.4) is 0 Å². The number of benzene rings is 2. The molecule has 0 unspecified atom stereocenters. The normalized spacial score (nSPS) is 11.2. The van der Waals surface area contributed by atoms with Gasteiger partial charge in [-0.1, -0.05) is 36.4 Å². The molecule has 0 aliphatic heterocycles. The second kappa shape index (κ2) is 10.5. The zero-order valence-electron chi connectivity index (χ0n) is 16.1. The van der Waals surface area contributed by atoms with Crippen LogP contribution in [0.5, 0.6) is 11.5 Å². The first-order valence-corrected chi connectivity index (χ1v) is 8.59. The summed E-state index contributed by atoms with van der Waals surface area (Å²) < 4.78 is 10.3. The summed E-state index contributed by atoms with van der Waals surface area (Å²) in [5.74, 6) is 0.118. The first-order chi connectivity index (χ1) is 13.5. The molecule has 0 saturated carbocycles. The van der Waals surface area contributed by atoms with Crippen molar-refractivity contribution >= 4 is 24.1 Å². The highest BCUT2D eigenvalue weighted by Crippen LogP contribution is 2.27. The molecular formula is C21H23N3O4. The summed E-state index contributed by atoms with van der Waals surface area (Å²) in [5, 5.41) is 6.42. The number of ether oxygens (including phenoxy) is 2. The highest BCUT2D eigenvalue weighted by molar-refractivity contribution is 5.97. The number of hydrazone groups is 1. The topological polar surface area (TPSA) is 89.0 Å². The number of carbonyl (C=O) groups is 2. The number of nitrogens with one attached hydrogen (secondary N) is 2. The number of nitrogens with zero attached hydrogens (tertiary/aromatic N) is 1. The molecule has 2 N–H and O–H groups in total. The first-order valence-electron chi connectivity index (χ1n) is 8.59. The molecular weight excluding hydrogens is 358 g/mol. The third-order valence-corrected chi connectivity index (χ3v) is 3.71. The van der Waals surface area contributed by atoms with E-state index in [1.807, 2.05) is 43.3 Å². The Hall–Kier alpha value is -3.61. The van der Waals surface area contributed by atoms with E-state index in [0.717, 1.165) is 11.1 Å². The van der Waals surface area contributed by atoms with Crippen LogP contribution in [0.4, 0.5) is 0 Å². The highest BCUT2D eigenvalue weighted by atomic mass is 16.5. The van der Waals surface area contributed by atoms with Crippen molar-refractivity contribution in [3.05, 3.63) is 65.2 Å². The van der Waals surface area contributed by atoms with E-state index in [4.69, 9.17) is 9.47 Å². The number of amides is 2. The third-order valence-electron chi connectivity index (χ3n) is 3.71. The molecule has 0 aromatic heterocycles. The van der Waals surface area contributed by atoms with Gasteiger partial charge in [0.1, 0.15) is 0 Å². The summed E-state index contributed by atoms with van der Waals surface area (Å²) in [5.41, 5.74) is 4.65. The van der Waals surface area contributed by atoms with E-state index < -0.39 is 11.8 Å². The molecule has 0 bridgehead atoms. The van der Waals surface area contributed by atoms with Crippen LogP contribution in [0.15, 0.2) is 59.2 Å². The minimum absolute atomic E-state index is 0.202. The standard InChI is InChI=1S/C21H23N3O4/c1-15(11-16-7-5-4-6-8-16)13-23-24-20(25)14-22-21(26)17-9-10-18(27-2)19(12-17)28-3/h4-13H,14H2,1-3H3,(H,22,26)(H,24,25)/b15-11-,23-13-. The van der Waals surface area contributed by atoms with E-state index in [1.54, 1.807) is 24.4 Å². The molecule has 7 nitrogen and oxygen atoms in total. The van der Waals surface area contributed by atoms with Gasteiger partial charge < -0.3 is 14.8 Å². The van der Waals surface area contributed by atoms with E-state index in [9.17, 15) is 9.59 Å². The Morgan fingerprint density at radius 3 is 2.43 bits per heavy atom. The van der Waals surface area contributed by atoms with Crippen LogP contribution in [0.1, 0.15) is 22.8 Å². The van der Waals surface area contributed by atoms with Crippen LogP contribution < -0.4 is 20.2 Å². The van der Waals surface area contributed by atoms with Gasteiger partial charge in [-0.2, -0.15) is 5.10 Å². The third kappa shape index (κ3) is 6.28. The zero-order chi connectivity index (χ0) is 20.4. The predicted molar refractivity (Wildman–Crippen MR) is 109 cm³/mol. The largest absolute Gasteiger partial charge is 0.493 e. The van der Waals surface area contributed by atoms with Crippen LogP contribution >= 0.6 is 0 Å². The van der Waals surface area contributed by atoms with Gasteiger partial charge in [-0.05, 0) is 36.3 Å². The molecule has 0 heterocycles. The quantitative estimate of drug-likeness (QED) is 0.543. The number of allylic oxidation sites excluding steroid dienone is 1. The molecule has 2 aromatic carbocycles. The molecule has 146 valence electrons. The van der Waals surface area contributed by atoms with Crippen molar-refractivity contribution in [1.82, 2.24) is 10.7 Å². The Bertz CT molecular complexity index is 876. The van der Waals surface area contributed by atoms with Crippen molar-refractivity contribution in [2.24, 2.45) is 5.10 Å². The lowest BCUT2D eigenvalue weighted by molar-refractivity contribution is -0.120. The lowest BCUT2D eigenvalue weighted by Gasteiger charge is -2.09. The van der Waals surface area contributed by atoms with Gasteiger partial charge >= 0.3 is 0 Å². The molecule has 2 aromatic rings. The van der Waals surface area contributed by atoms with E-state index in [2.05, 4.69) is 15.8 Å². The Labute approximate surface area is 164 Å². The van der Waals surface area contributed by atoms with Crippen molar-refractivity contribution in [3.8, 4) is 11.5 Å². The number of carbonyl (C=O) groups excluding carboxylic acids is 2. The van der Waals surface area contributed by atoms with E-state index >= 15 is 0 Å². The number of rotatable bonds is 8. The van der Waals surface area contributed by atoms with Crippen LogP contribution in [-0.4, -0.2) is 38.8 Å². The SMILES string of the molecule is COc1ccc(C(=O)NCC(=O)N/N=C\C(C)=C/c2ccccc2)cc1OC. The maximum absolute atomic E-state index is 12.2. The Balaban J connectivity index is 1.83. The monoisotopic (exact) mass is 381 g/mol. The smallest absolute Gasteiger partial charge is 0.259 e. The van der Waals surface area contributed by atoms with E-state index in [1.165, 1.54) is 14.2 Å². The molecule has 0 aliphatic rings. The van der Waals surface area contributed by atoms with Crippen LogP contribution in [0.2, 0.25) is 0 Å². The number of methoxy groups -OCH3 is 2. The van der Waals surface area contributed by atoms with Gasteiger partial charge in [0.15, 0.2) is 11.5 Å². The highest BCUT2D eigenvalue weighted by Gasteiger charge is 2.11. The van der Waals surface area contributed by atoms with Gasteiger partial charge in [0.25, 0.3) is 11.8 Å². The lowest BCUT2D eigenvalue weighted by atomic mass is 10.1. The van der Waals surface area contributed by atoms with Gasteiger partial charge in [-0.3, -0.25) is 9.59 Å². The summed E-state index contributed by atoms with van der Waals surface area (Å²) in [7, 11) is 3.00. The van der Waals surface area contributed by atoms with Crippen molar-refractivity contribution in [2.75, 3.05) is 20.8 Å². The van der Waals surface area contributed by atoms with Crippen molar-refractivity contribution in [3.63, 3.8) is 0 Å². The van der Waals surface area contributed by atoms with E-state index in [-0.39, 0.29) is 6.54 Å². The molecule has 28 heavy (non-hydrogen) atoms. The fourth-order valence-electron chi connectivity index (χ4n) is 2.34. The van der Waals surface area contributed by atoms with Gasteiger partial charge in [-0.15, -0.1) is 0 Å². The van der Waals surface area contributed by atoms with Gasteiger partial charge in [0, 0.05) is 5.56 Å². The van der Waals surface area contributed by atoms with E-state index in [0.29, 0.717) is 17.1 Å². The molecule has 0 atom stereocenters. The van der Waals surface area contributed by atoms with Crippen LogP contribution in [0.25, 0.3) is 6.08 Å². The average Bonchev–Trinajstić information content (AvgIpc) is 2.72. The summed E-state index contributed by atoms with van der Waals surface area (Å²) in [6, 6.07) is 14.5. The minimum atomic E-state index is -0.433. The van der Waals surface area contributed by atoms with Crippen molar-refractivity contribution < 1.29 is 19.1 Å². The second-order valence-electron chi connectivity index (χ2n) is 5.84. The lowest BCUT2D eigenvalue weighted by Crippen LogP contribution is -2.34. The minimum Gasteiger partial charge on any atom is -0.493 e. The zero-order valence-corrected chi connectivity index (χ0v) is 16.1. The predicted octanol–water partition coefficient (Wildman–Crippen LogP) is 2.64. The molecule has 0 aliphatic carbocycles. The van der Waals surface area contributed by atoms with Gasteiger partial charge in [0.05, 0.1) is 27.0 Å². The molecule has 2 rings (SSSR count). The summed E-state index contributed by atoms with van der Waals surface area (Å²) in [6.45, 7) is 1.67.